The van der Waals surface area contributed by atoms with Crippen LogP contribution in [0.5, 0.6) is 0 Å². The number of urea groups is 1. The fourth-order valence-electron chi connectivity index (χ4n) is 2.84. The molecule has 0 aromatic heterocycles. The molecular weight excluding hydrogens is 438 g/mol. The van der Waals surface area contributed by atoms with Crippen molar-refractivity contribution in [1.82, 2.24) is 0 Å². The molecule has 0 aliphatic heterocycles. The monoisotopic (exact) mass is 454 g/mol. The third kappa shape index (κ3) is 6.14. The summed E-state index contributed by atoms with van der Waals surface area (Å²) in [5.41, 5.74) is -2.44. The van der Waals surface area contributed by atoms with Crippen LogP contribution in [0.25, 0.3) is 0 Å². The van der Waals surface area contributed by atoms with Crippen LogP contribution in [0.3, 0.4) is 0 Å². The number of halogens is 6. The number of benzene rings is 2. The number of anilines is 2. The Hall–Kier alpha value is -3.73. The number of amides is 2. The molecule has 0 unspecified atom stereocenters. The molecule has 0 saturated carbocycles. The molecule has 32 heavy (non-hydrogen) atoms. The van der Waals surface area contributed by atoms with Gasteiger partial charge >= 0.3 is 18.4 Å². The summed E-state index contributed by atoms with van der Waals surface area (Å²) >= 11 is 0. The Balaban J connectivity index is 2.53. The molecule has 0 spiro atoms. The van der Waals surface area contributed by atoms with Gasteiger partial charge in [0.05, 0.1) is 36.1 Å². The lowest BCUT2D eigenvalue weighted by atomic mass is 10.1. The van der Waals surface area contributed by atoms with Gasteiger partial charge < -0.3 is 0 Å². The van der Waals surface area contributed by atoms with Crippen LogP contribution in [-0.2, 0) is 12.4 Å². The fraction of sp³-hybridized carbons (Fsp3) is 0.286. The van der Waals surface area contributed by atoms with Crippen molar-refractivity contribution in [1.29, 1.82) is 10.5 Å². The Labute approximate surface area is 179 Å². The summed E-state index contributed by atoms with van der Waals surface area (Å²) in [6.07, 6.45) is -9.86. The molecule has 2 aromatic carbocycles. The molecule has 11 heteroatoms. The van der Waals surface area contributed by atoms with Crippen LogP contribution in [0.15, 0.2) is 48.5 Å². The first-order valence-corrected chi connectivity index (χ1v) is 9.16. The zero-order valence-electron chi connectivity index (χ0n) is 16.4. The van der Waals surface area contributed by atoms with Gasteiger partial charge in [0.2, 0.25) is 0 Å². The van der Waals surface area contributed by atoms with E-state index in [4.69, 9.17) is 10.5 Å². The Morgan fingerprint density at radius 3 is 1.44 bits per heavy atom. The second-order valence-corrected chi connectivity index (χ2v) is 6.50. The maximum atomic E-state index is 13.2. The van der Waals surface area contributed by atoms with Crippen LogP contribution in [0.4, 0.5) is 42.5 Å². The SMILES string of the molecule is N#CCCN(C(=O)N(CCC#N)c1cccc(C(F)(F)F)c1)c1cccc(C(F)(F)F)c1. The third-order valence-corrected chi connectivity index (χ3v) is 4.33. The summed E-state index contributed by atoms with van der Waals surface area (Å²) in [6, 6.07) is 10.2. The van der Waals surface area contributed by atoms with Crippen LogP contribution in [0, 0.1) is 22.7 Å². The summed E-state index contributed by atoms with van der Waals surface area (Å²) in [7, 11) is 0. The molecule has 2 amide bonds. The van der Waals surface area contributed by atoms with E-state index in [-0.39, 0.29) is 37.3 Å². The van der Waals surface area contributed by atoms with Gasteiger partial charge in [-0.15, -0.1) is 0 Å². The lowest BCUT2D eigenvalue weighted by Crippen LogP contribution is -2.44. The molecule has 0 N–H and O–H groups in total. The number of carbonyl (C=O) groups excluding carboxylic acids is 1. The van der Waals surface area contributed by atoms with Crippen molar-refractivity contribution in [3.8, 4) is 12.1 Å². The molecule has 0 saturated heterocycles. The fourth-order valence-corrected chi connectivity index (χ4v) is 2.84. The van der Waals surface area contributed by atoms with Gasteiger partial charge in [-0.05, 0) is 36.4 Å². The standard InChI is InChI=1S/C21H16F6N4O/c22-20(23,24)15-5-1-7-17(13-15)30(11-3-9-28)19(32)31(12-4-10-29)18-8-2-6-16(14-18)21(25,26)27/h1-2,5-8,13-14H,3-4,11-12H2. The number of nitriles is 2. The van der Waals surface area contributed by atoms with Gasteiger partial charge in [0.1, 0.15) is 0 Å². The molecule has 0 heterocycles. The predicted molar refractivity (Wildman–Crippen MR) is 103 cm³/mol. The predicted octanol–water partition coefficient (Wildman–Crippen LogP) is 5.98. The number of hydrogen-bond donors (Lipinski definition) is 0. The smallest absolute Gasteiger partial charge is 0.293 e. The van der Waals surface area contributed by atoms with Crippen molar-refractivity contribution in [2.45, 2.75) is 25.2 Å². The largest absolute Gasteiger partial charge is 0.416 e. The number of carbonyl (C=O) groups is 1. The summed E-state index contributed by atoms with van der Waals surface area (Å²) in [6.45, 7) is -0.614. The van der Waals surface area contributed by atoms with E-state index in [9.17, 15) is 31.1 Å². The highest BCUT2D eigenvalue weighted by atomic mass is 19.4. The van der Waals surface area contributed by atoms with Gasteiger partial charge in [-0.1, -0.05) is 12.1 Å². The van der Waals surface area contributed by atoms with E-state index in [1.165, 1.54) is 12.1 Å². The maximum absolute atomic E-state index is 13.2. The van der Waals surface area contributed by atoms with E-state index in [1.54, 1.807) is 12.1 Å². The number of hydrogen-bond acceptors (Lipinski definition) is 3. The van der Waals surface area contributed by atoms with E-state index in [2.05, 4.69) is 0 Å². The van der Waals surface area contributed by atoms with Crippen LogP contribution >= 0.6 is 0 Å². The van der Waals surface area contributed by atoms with Crippen molar-refractivity contribution >= 4 is 17.4 Å². The molecule has 2 aromatic rings. The van der Waals surface area contributed by atoms with E-state index >= 15 is 0 Å². The molecule has 0 bridgehead atoms. The van der Waals surface area contributed by atoms with Crippen molar-refractivity contribution < 1.29 is 31.1 Å². The topological polar surface area (TPSA) is 71.1 Å². The molecule has 168 valence electrons. The molecule has 0 radical (unpaired) electrons. The summed E-state index contributed by atoms with van der Waals surface area (Å²) < 4.78 is 78.7. The summed E-state index contributed by atoms with van der Waals surface area (Å²) in [5, 5.41) is 17.8. The van der Waals surface area contributed by atoms with Crippen LogP contribution < -0.4 is 9.80 Å². The summed E-state index contributed by atoms with van der Waals surface area (Å²) in [4.78, 5) is 15.0. The van der Waals surface area contributed by atoms with Gasteiger partial charge in [-0.2, -0.15) is 36.9 Å². The Morgan fingerprint density at radius 1 is 0.750 bits per heavy atom. The molecule has 5 nitrogen and oxygen atoms in total. The van der Waals surface area contributed by atoms with E-state index < -0.39 is 29.5 Å². The zero-order chi connectivity index (χ0) is 23.9. The molecule has 0 atom stereocenters. The van der Waals surface area contributed by atoms with Crippen LogP contribution in [0.1, 0.15) is 24.0 Å². The number of alkyl halides is 6. The average molecular weight is 454 g/mol. The Bertz CT molecular complexity index is 955. The highest BCUT2D eigenvalue weighted by Crippen LogP contribution is 2.34. The van der Waals surface area contributed by atoms with Gasteiger partial charge in [-0.25, -0.2) is 4.79 Å². The van der Waals surface area contributed by atoms with Crippen molar-refractivity contribution in [3.05, 3.63) is 59.7 Å². The molecule has 2 rings (SSSR count). The van der Waals surface area contributed by atoms with Gasteiger partial charge in [-0.3, -0.25) is 9.80 Å². The molecule has 0 aliphatic carbocycles. The average Bonchev–Trinajstić information content (AvgIpc) is 2.73. The first kappa shape index (κ1) is 24.5. The minimum absolute atomic E-state index is 0.186. The van der Waals surface area contributed by atoms with Gasteiger partial charge in [0.25, 0.3) is 0 Å². The van der Waals surface area contributed by atoms with E-state index in [0.29, 0.717) is 12.1 Å². The van der Waals surface area contributed by atoms with Gasteiger partial charge in [0.15, 0.2) is 0 Å². The minimum Gasteiger partial charge on any atom is -0.293 e. The Morgan fingerprint density at radius 2 is 1.12 bits per heavy atom. The second kappa shape index (κ2) is 10.1. The van der Waals surface area contributed by atoms with E-state index in [0.717, 1.165) is 34.1 Å². The highest BCUT2D eigenvalue weighted by molar-refractivity contribution is 6.03. The number of nitrogens with zero attached hydrogens (tertiary/aromatic N) is 4. The maximum Gasteiger partial charge on any atom is 0.416 e. The quantitative estimate of drug-likeness (QED) is 0.504. The lowest BCUT2D eigenvalue weighted by molar-refractivity contribution is -0.138. The highest BCUT2D eigenvalue weighted by Gasteiger charge is 2.33. The molecule has 0 aliphatic rings. The first-order chi connectivity index (χ1) is 15.0. The van der Waals surface area contributed by atoms with Crippen LogP contribution in [-0.4, -0.2) is 19.1 Å². The number of rotatable bonds is 6. The van der Waals surface area contributed by atoms with E-state index in [1.807, 2.05) is 0 Å². The normalized spacial score (nSPS) is 11.4. The lowest BCUT2D eigenvalue weighted by Gasteiger charge is -2.30. The summed E-state index contributed by atoms with van der Waals surface area (Å²) in [5.74, 6) is 0. The van der Waals surface area contributed by atoms with Crippen molar-refractivity contribution in [3.63, 3.8) is 0 Å². The minimum atomic E-state index is -4.69. The second-order valence-electron chi connectivity index (χ2n) is 6.50. The Kier molecular flexibility index (Phi) is 7.71. The van der Waals surface area contributed by atoms with Gasteiger partial charge in [0, 0.05) is 24.5 Å². The molecule has 0 fully saturated rings. The molecular formula is C21H16F6N4O. The first-order valence-electron chi connectivity index (χ1n) is 9.16. The third-order valence-electron chi connectivity index (χ3n) is 4.33. The van der Waals surface area contributed by atoms with Crippen molar-refractivity contribution in [2.24, 2.45) is 0 Å². The zero-order valence-corrected chi connectivity index (χ0v) is 16.4. The van der Waals surface area contributed by atoms with Crippen LogP contribution in [0.2, 0.25) is 0 Å². The van der Waals surface area contributed by atoms with Crippen molar-refractivity contribution in [2.75, 3.05) is 22.9 Å².